The van der Waals surface area contributed by atoms with Gasteiger partial charge in [-0.3, -0.25) is 0 Å². The summed E-state index contributed by atoms with van der Waals surface area (Å²) in [6.45, 7) is 0. The molecule has 0 fully saturated rings. The lowest BCUT2D eigenvalue weighted by molar-refractivity contribution is -0.140. The van der Waals surface area contributed by atoms with E-state index < -0.39 is 29.3 Å². The van der Waals surface area contributed by atoms with Crippen LogP contribution in [0.15, 0.2) is 48.8 Å². The minimum absolute atomic E-state index is 0.0107. The summed E-state index contributed by atoms with van der Waals surface area (Å²) < 4.78 is 90.7. The first-order valence-corrected chi connectivity index (χ1v) is 8.61. The van der Waals surface area contributed by atoms with Crippen molar-refractivity contribution in [3.8, 4) is 0 Å². The van der Waals surface area contributed by atoms with Gasteiger partial charge in [-0.05, 0) is 35.9 Å². The van der Waals surface area contributed by atoms with Crippen LogP contribution in [-0.4, -0.2) is 9.97 Å². The molecule has 3 rings (SSSR count). The van der Waals surface area contributed by atoms with E-state index in [0.29, 0.717) is 12.1 Å². The minimum atomic E-state index is -4.85. The molecule has 0 saturated heterocycles. The number of halogens is 8. The van der Waals surface area contributed by atoms with Gasteiger partial charge >= 0.3 is 12.4 Å². The second kappa shape index (κ2) is 8.10. The van der Waals surface area contributed by atoms with Crippen LogP contribution in [0.3, 0.4) is 0 Å². The molecular weight excluding hydrogens is 439 g/mol. The van der Waals surface area contributed by atoms with E-state index in [1.165, 1.54) is 12.1 Å². The zero-order valence-electron chi connectivity index (χ0n) is 14.7. The van der Waals surface area contributed by atoms with E-state index >= 15 is 0 Å². The average molecular weight is 450 g/mol. The Morgan fingerprint density at radius 2 is 1.60 bits per heavy atom. The van der Waals surface area contributed by atoms with Gasteiger partial charge in [0.1, 0.15) is 18.0 Å². The van der Waals surface area contributed by atoms with Gasteiger partial charge in [0.25, 0.3) is 0 Å². The lowest BCUT2D eigenvalue weighted by Crippen LogP contribution is -2.09. The highest BCUT2D eigenvalue weighted by atomic mass is 35.5. The monoisotopic (exact) mass is 449 g/mol. The molecule has 3 nitrogen and oxygen atoms in total. The molecule has 11 heteroatoms. The fourth-order valence-electron chi connectivity index (χ4n) is 2.61. The van der Waals surface area contributed by atoms with Crippen LogP contribution in [0, 0.1) is 5.82 Å². The molecule has 30 heavy (non-hydrogen) atoms. The van der Waals surface area contributed by atoms with E-state index in [0.717, 1.165) is 24.5 Å². The molecule has 2 aromatic carbocycles. The van der Waals surface area contributed by atoms with Crippen LogP contribution < -0.4 is 5.32 Å². The third-order valence-electron chi connectivity index (χ3n) is 4.00. The Morgan fingerprint density at radius 1 is 0.867 bits per heavy atom. The van der Waals surface area contributed by atoms with E-state index in [2.05, 4.69) is 15.3 Å². The zero-order chi connectivity index (χ0) is 22.1. The number of rotatable bonds is 4. The van der Waals surface area contributed by atoms with Crippen molar-refractivity contribution >= 4 is 23.1 Å². The van der Waals surface area contributed by atoms with Gasteiger partial charge in [-0.15, -0.1) is 0 Å². The SMILES string of the molecule is Fc1ccc(Cc2cc(Nc3cc(C(F)(F)F)ccc3Cl)ncn2)cc1C(F)(F)F. The highest BCUT2D eigenvalue weighted by Crippen LogP contribution is 2.35. The highest BCUT2D eigenvalue weighted by Gasteiger charge is 2.34. The van der Waals surface area contributed by atoms with Gasteiger partial charge < -0.3 is 5.32 Å². The molecule has 1 aromatic heterocycles. The summed E-state index contributed by atoms with van der Waals surface area (Å²) in [5.41, 5.74) is -1.98. The number of alkyl halides is 6. The molecule has 3 aromatic rings. The lowest BCUT2D eigenvalue weighted by Gasteiger charge is -2.13. The van der Waals surface area contributed by atoms with E-state index in [4.69, 9.17) is 11.6 Å². The first kappa shape index (κ1) is 21.8. The van der Waals surface area contributed by atoms with Gasteiger partial charge in [0.05, 0.1) is 27.5 Å². The van der Waals surface area contributed by atoms with Crippen molar-refractivity contribution in [1.29, 1.82) is 0 Å². The summed E-state index contributed by atoms with van der Waals surface area (Å²) in [5.74, 6) is -1.31. The summed E-state index contributed by atoms with van der Waals surface area (Å²) in [6, 6.07) is 6.61. The normalized spacial score (nSPS) is 12.1. The molecule has 0 aliphatic rings. The van der Waals surface area contributed by atoms with Gasteiger partial charge in [-0.25, -0.2) is 14.4 Å². The van der Waals surface area contributed by atoms with Gasteiger partial charge in [0, 0.05) is 12.5 Å². The summed E-state index contributed by atoms with van der Waals surface area (Å²) in [4.78, 5) is 7.81. The average Bonchev–Trinajstić information content (AvgIpc) is 2.63. The predicted molar refractivity (Wildman–Crippen MR) is 96.0 cm³/mol. The Hall–Kier alpha value is -2.88. The van der Waals surface area contributed by atoms with E-state index in [1.807, 2.05) is 0 Å². The van der Waals surface area contributed by atoms with Crippen molar-refractivity contribution in [2.45, 2.75) is 18.8 Å². The van der Waals surface area contributed by atoms with Crippen molar-refractivity contribution in [2.24, 2.45) is 0 Å². The quantitative estimate of drug-likeness (QED) is 0.454. The number of hydrogen-bond donors (Lipinski definition) is 1. The number of nitrogens with one attached hydrogen (secondary N) is 1. The first-order chi connectivity index (χ1) is 13.9. The molecule has 0 spiro atoms. The molecule has 0 aliphatic heterocycles. The van der Waals surface area contributed by atoms with Crippen LogP contribution >= 0.6 is 11.6 Å². The minimum Gasteiger partial charge on any atom is -0.339 e. The second-order valence-electron chi connectivity index (χ2n) is 6.20. The first-order valence-electron chi connectivity index (χ1n) is 8.24. The second-order valence-corrected chi connectivity index (χ2v) is 6.61. The number of aromatic nitrogens is 2. The summed E-state index contributed by atoms with van der Waals surface area (Å²) in [7, 11) is 0. The zero-order valence-corrected chi connectivity index (χ0v) is 15.5. The van der Waals surface area contributed by atoms with Gasteiger partial charge in [0.2, 0.25) is 0 Å². The van der Waals surface area contributed by atoms with E-state index in [9.17, 15) is 30.7 Å². The molecule has 0 amide bonds. The fraction of sp³-hybridized carbons (Fsp3) is 0.158. The highest BCUT2D eigenvalue weighted by molar-refractivity contribution is 6.33. The predicted octanol–water partition coefficient (Wildman–Crippen LogP) is 6.64. The van der Waals surface area contributed by atoms with Crippen molar-refractivity contribution in [2.75, 3.05) is 5.32 Å². The molecular formula is C19H11ClF7N3. The summed E-state index contributed by atoms with van der Waals surface area (Å²) in [5, 5.41) is 2.64. The maximum absolute atomic E-state index is 13.4. The van der Waals surface area contributed by atoms with Crippen molar-refractivity contribution < 1.29 is 30.7 Å². The Kier molecular flexibility index (Phi) is 5.89. The third-order valence-corrected chi connectivity index (χ3v) is 4.33. The molecule has 0 saturated carbocycles. The van der Waals surface area contributed by atoms with Gasteiger partial charge in [0.15, 0.2) is 0 Å². The molecule has 158 valence electrons. The third kappa shape index (κ3) is 5.18. The smallest absolute Gasteiger partial charge is 0.339 e. The Morgan fingerprint density at radius 3 is 2.27 bits per heavy atom. The topological polar surface area (TPSA) is 37.8 Å². The van der Waals surface area contributed by atoms with Gasteiger partial charge in [-0.1, -0.05) is 17.7 Å². The Labute approximate surface area is 170 Å². The number of nitrogens with zero attached hydrogens (tertiary/aromatic N) is 2. The number of benzene rings is 2. The lowest BCUT2D eigenvalue weighted by atomic mass is 10.1. The van der Waals surface area contributed by atoms with E-state index in [1.54, 1.807) is 0 Å². The number of anilines is 2. The number of hydrogen-bond acceptors (Lipinski definition) is 3. The van der Waals surface area contributed by atoms with Crippen LogP contribution in [0.4, 0.5) is 42.2 Å². The van der Waals surface area contributed by atoms with Crippen LogP contribution in [0.25, 0.3) is 0 Å². The fourth-order valence-corrected chi connectivity index (χ4v) is 2.77. The van der Waals surface area contributed by atoms with Crippen molar-refractivity contribution in [1.82, 2.24) is 9.97 Å². The van der Waals surface area contributed by atoms with Crippen LogP contribution in [-0.2, 0) is 18.8 Å². The van der Waals surface area contributed by atoms with Crippen molar-refractivity contribution in [3.05, 3.63) is 82.0 Å². The van der Waals surface area contributed by atoms with Crippen LogP contribution in [0.5, 0.6) is 0 Å². The Bertz CT molecular complexity index is 1060. The molecule has 1 heterocycles. The maximum atomic E-state index is 13.4. The largest absolute Gasteiger partial charge is 0.419 e. The van der Waals surface area contributed by atoms with E-state index in [-0.39, 0.29) is 34.2 Å². The van der Waals surface area contributed by atoms with Crippen molar-refractivity contribution in [3.63, 3.8) is 0 Å². The maximum Gasteiger partial charge on any atom is 0.419 e. The summed E-state index contributed by atoms with van der Waals surface area (Å²) in [6.07, 6.45) is -8.42. The molecule has 1 N–H and O–H groups in total. The van der Waals surface area contributed by atoms with Gasteiger partial charge in [-0.2, -0.15) is 26.3 Å². The van der Waals surface area contributed by atoms with Crippen LogP contribution in [0.1, 0.15) is 22.4 Å². The summed E-state index contributed by atoms with van der Waals surface area (Å²) >= 11 is 5.93. The van der Waals surface area contributed by atoms with Crippen LogP contribution in [0.2, 0.25) is 5.02 Å². The molecule has 0 bridgehead atoms. The molecule has 0 atom stereocenters. The molecule has 0 unspecified atom stereocenters. The molecule has 0 radical (unpaired) electrons. The molecule has 0 aliphatic carbocycles. The Balaban J connectivity index is 1.85. The standard InChI is InChI=1S/C19H11ClF7N3/c20-14-3-2-11(18(22,23)24)7-16(14)30-17-8-12(28-9-29-17)5-10-1-4-15(21)13(6-10)19(25,26)27/h1-4,6-9H,5H2,(H,28,29,30).